The van der Waals surface area contributed by atoms with E-state index in [1.54, 1.807) is 19.1 Å². The van der Waals surface area contributed by atoms with E-state index < -0.39 is 0 Å². The Morgan fingerprint density at radius 2 is 1.82 bits per heavy atom. The fraction of sp³-hybridized carbons (Fsp3) is 0.208. The van der Waals surface area contributed by atoms with Crippen LogP contribution in [0.1, 0.15) is 41.4 Å². The number of nitrogens with one attached hydrogen (secondary N) is 1. The molecule has 3 nitrogen and oxygen atoms in total. The van der Waals surface area contributed by atoms with Crippen LogP contribution in [0.4, 0.5) is 0 Å². The monoisotopic (exact) mass is 393 g/mol. The minimum Gasteiger partial charge on any atom is -0.462 e. The molecule has 0 aliphatic carbocycles. The average Bonchev–Trinajstić information content (AvgIpc) is 2.71. The van der Waals surface area contributed by atoms with Crippen LogP contribution >= 0.6 is 12.4 Å². The van der Waals surface area contributed by atoms with Crippen molar-refractivity contribution in [2.75, 3.05) is 13.2 Å². The maximum Gasteiger partial charge on any atom is 0.338 e. The van der Waals surface area contributed by atoms with Crippen LogP contribution in [0.5, 0.6) is 0 Å². The third kappa shape index (κ3) is 5.36. The summed E-state index contributed by atoms with van der Waals surface area (Å²) < 4.78 is 5.02. The molecule has 1 atom stereocenters. The smallest absolute Gasteiger partial charge is 0.338 e. The molecule has 3 aromatic carbocycles. The van der Waals surface area contributed by atoms with Crippen molar-refractivity contribution in [3.8, 4) is 11.8 Å². The molecule has 0 amide bonds. The first-order chi connectivity index (χ1) is 13.2. The molecule has 144 valence electrons. The molecule has 3 rings (SSSR count). The van der Waals surface area contributed by atoms with E-state index in [-0.39, 0.29) is 24.4 Å². The molecular weight excluding hydrogens is 370 g/mol. The van der Waals surface area contributed by atoms with Crippen LogP contribution in [0, 0.1) is 11.8 Å². The summed E-state index contributed by atoms with van der Waals surface area (Å²) in [6, 6.07) is 22.2. The zero-order chi connectivity index (χ0) is 19.1. The van der Waals surface area contributed by atoms with Gasteiger partial charge in [0.2, 0.25) is 0 Å². The number of hydrogen-bond acceptors (Lipinski definition) is 3. The standard InChI is InChI=1S/C24H23NO2.ClH/c1-3-27-24(26)21-13-6-9-19(17-21)10-8-16-25-18(2)22-15-7-12-20-11-4-5-14-23(20)22;/h4-7,9,11-15,17-18,25H,3,16H2,1-2H3;1H/t18-;/m1./s1. The number of ether oxygens (including phenoxy) is 1. The number of carbonyl (C=O) groups excluding carboxylic acids is 1. The van der Waals surface area contributed by atoms with Crippen molar-refractivity contribution in [3.05, 3.63) is 83.4 Å². The van der Waals surface area contributed by atoms with Crippen molar-refractivity contribution in [2.24, 2.45) is 0 Å². The SMILES string of the molecule is CCOC(=O)c1cccc(C#CCN[C@H](C)c2cccc3ccccc23)c1.Cl. The van der Waals surface area contributed by atoms with E-state index in [0.717, 1.165) is 5.56 Å². The van der Waals surface area contributed by atoms with Crippen LogP contribution in [0.2, 0.25) is 0 Å². The Morgan fingerprint density at radius 1 is 1.07 bits per heavy atom. The molecule has 0 aliphatic heterocycles. The molecule has 4 heteroatoms. The van der Waals surface area contributed by atoms with Crippen molar-refractivity contribution >= 4 is 29.1 Å². The van der Waals surface area contributed by atoms with Crippen LogP contribution in [0.3, 0.4) is 0 Å². The molecule has 0 saturated carbocycles. The minimum absolute atomic E-state index is 0. The number of carbonyl (C=O) groups is 1. The Labute approximate surface area is 172 Å². The topological polar surface area (TPSA) is 38.3 Å². The van der Waals surface area contributed by atoms with Gasteiger partial charge in [-0.05, 0) is 48.4 Å². The summed E-state index contributed by atoms with van der Waals surface area (Å²) in [5.41, 5.74) is 2.60. The Morgan fingerprint density at radius 3 is 2.64 bits per heavy atom. The van der Waals surface area contributed by atoms with Gasteiger partial charge >= 0.3 is 5.97 Å². The maximum absolute atomic E-state index is 11.8. The number of fused-ring (bicyclic) bond motifs is 1. The van der Waals surface area contributed by atoms with Gasteiger partial charge in [0.1, 0.15) is 0 Å². The van der Waals surface area contributed by atoms with Gasteiger partial charge in [-0.15, -0.1) is 12.4 Å². The minimum atomic E-state index is -0.316. The fourth-order valence-corrected chi connectivity index (χ4v) is 3.03. The van der Waals surface area contributed by atoms with Crippen molar-refractivity contribution in [1.29, 1.82) is 0 Å². The van der Waals surface area contributed by atoms with Crippen LogP contribution in [0.25, 0.3) is 10.8 Å². The summed E-state index contributed by atoms with van der Waals surface area (Å²) in [5.74, 6) is 5.93. The predicted octanol–water partition coefficient (Wildman–Crippen LogP) is 5.14. The van der Waals surface area contributed by atoms with Gasteiger partial charge in [0.05, 0.1) is 18.7 Å². The zero-order valence-corrected chi connectivity index (χ0v) is 16.9. The molecule has 0 fully saturated rings. The van der Waals surface area contributed by atoms with E-state index in [1.165, 1.54) is 16.3 Å². The molecule has 0 aromatic heterocycles. The highest BCUT2D eigenvalue weighted by Crippen LogP contribution is 2.23. The summed E-state index contributed by atoms with van der Waals surface area (Å²) in [6.45, 7) is 4.87. The van der Waals surface area contributed by atoms with E-state index in [0.29, 0.717) is 18.7 Å². The quantitative estimate of drug-likeness (QED) is 0.481. The van der Waals surface area contributed by atoms with E-state index in [1.807, 2.05) is 12.1 Å². The second kappa shape index (κ2) is 10.5. The zero-order valence-electron chi connectivity index (χ0n) is 16.1. The van der Waals surface area contributed by atoms with E-state index >= 15 is 0 Å². The maximum atomic E-state index is 11.8. The lowest BCUT2D eigenvalue weighted by Gasteiger charge is -2.15. The van der Waals surface area contributed by atoms with Crippen molar-refractivity contribution in [3.63, 3.8) is 0 Å². The first kappa shape index (κ1) is 21.5. The molecule has 0 aliphatic rings. The number of esters is 1. The molecule has 3 aromatic rings. The lowest BCUT2D eigenvalue weighted by molar-refractivity contribution is 0.0526. The van der Waals surface area contributed by atoms with Crippen molar-refractivity contribution < 1.29 is 9.53 Å². The number of rotatable bonds is 5. The van der Waals surface area contributed by atoms with Gasteiger partial charge in [0, 0.05) is 11.6 Å². The lowest BCUT2D eigenvalue weighted by Crippen LogP contribution is -2.19. The highest BCUT2D eigenvalue weighted by Gasteiger charge is 2.08. The Bertz CT molecular complexity index is 999. The lowest BCUT2D eigenvalue weighted by atomic mass is 10.00. The number of halogens is 1. The normalized spacial score (nSPS) is 11.1. The number of benzene rings is 3. The van der Waals surface area contributed by atoms with Gasteiger partial charge < -0.3 is 4.74 Å². The van der Waals surface area contributed by atoms with Crippen LogP contribution in [-0.2, 0) is 4.74 Å². The van der Waals surface area contributed by atoms with Gasteiger partial charge in [-0.3, -0.25) is 5.32 Å². The largest absolute Gasteiger partial charge is 0.462 e. The summed E-state index contributed by atoms with van der Waals surface area (Å²) >= 11 is 0. The Hall–Kier alpha value is -2.80. The second-order valence-corrected chi connectivity index (χ2v) is 6.27. The fourth-order valence-electron chi connectivity index (χ4n) is 3.03. The first-order valence-corrected chi connectivity index (χ1v) is 9.16. The first-order valence-electron chi connectivity index (χ1n) is 9.16. The van der Waals surface area contributed by atoms with E-state index in [4.69, 9.17) is 4.74 Å². The van der Waals surface area contributed by atoms with Crippen molar-refractivity contribution in [1.82, 2.24) is 5.32 Å². The summed E-state index contributed by atoms with van der Waals surface area (Å²) in [5, 5.41) is 5.95. The molecule has 0 heterocycles. The van der Waals surface area contributed by atoms with Crippen LogP contribution in [-0.4, -0.2) is 19.1 Å². The summed E-state index contributed by atoms with van der Waals surface area (Å²) in [6.07, 6.45) is 0. The van der Waals surface area contributed by atoms with Gasteiger partial charge in [-0.1, -0.05) is 60.4 Å². The Kier molecular flexibility index (Phi) is 8.07. The highest BCUT2D eigenvalue weighted by molar-refractivity contribution is 5.89. The molecule has 0 spiro atoms. The van der Waals surface area contributed by atoms with Crippen molar-refractivity contribution in [2.45, 2.75) is 19.9 Å². The summed E-state index contributed by atoms with van der Waals surface area (Å²) in [4.78, 5) is 11.8. The molecule has 0 radical (unpaired) electrons. The van der Waals surface area contributed by atoms with Crippen LogP contribution in [0.15, 0.2) is 66.7 Å². The number of hydrogen-bond donors (Lipinski definition) is 1. The van der Waals surface area contributed by atoms with Gasteiger partial charge in [-0.25, -0.2) is 4.79 Å². The predicted molar refractivity (Wildman–Crippen MR) is 117 cm³/mol. The highest BCUT2D eigenvalue weighted by atomic mass is 35.5. The molecule has 28 heavy (non-hydrogen) atoms. The molecule has 0 bridgehead atoms. The average molecular weight is 394 g/mol. The van der Waals surface area contributed by atoms with Gasteiger partial charge in [0.25, 0.3) is 0 Å². The van der Waals surface area contributed by atoms with Gasteiger partial charge in [0.15, 0.2) is 0 Å². The molecule has 1 N–H and O–H groups in total. The third-order valence-electron chi connectivity index (χ3n) is 4.39. The second-order valence-electron chi connectivity index (χ2n) is 6.27. The van der Waals surface area contributed by atoms with E-state index in [2.05, 4.69) is 66.5 Å². The Balaban J connectivity index is 0.00000280. The molecular formula is C24H24ClNO2. The summed E-state index contributed by atoms with van der Waals surface area (Å²) in [7, 11) is 0. The molecule has 0 unspecified atom stereocenters. The van der Waals surface area contributed by atoms with Crippen LogP contribution < -0.4 is 5.32 Å². The van der Waals surface area contributed by atoms with Gasteiger partial charge in [-0.2, -0.15) is 0 Å². The third-order valence-corrected chi connectivity index (χ3v) is 4.39. The molecule has 0 saturated heterocycles. The van der Waals surface area contributed by atoms with E-state index in [9.17, 15) is 4.79 Å².